The molecule has 0 aliphatic rings. The second kappa shape index (κ2) is 7.00. The standard InChI is InChI=1S/C14H16FN3OS/c1-16-14-18-12(9-20-14)5-6-17-13(19)8-10-3-2-4-11(15)7-10/h2-4,7,9H,5-6,8H2,1H3,(H,16,18)(H,17,19). The van der Waals surface area contributed by atoms with Crippen molar-refractivity contribution < 1.29 is 9.18 Å². The van der Waals surface area contributed by atoms with Gasteiger partial charge in [0.05, 0.1) is 12.1 Å². The maximum absolute atomic E-state index is 13.0. The largest absolute Gasteiger partial charge is 0.365 e. The molecule has 0 unspecified atom stereocenters. The van der Waals surface area contributed by atoms with Crippen LogP contribution in [0.25, 0.3) is 0 Å². The molecule has 2 rings (SSSR count). The van der Waals surface area contributed by atoms with Gasteiger partial charge in [0.1, 0.15) is 5.82 Å². The molecular formula is C14H16FN3OS. The van der Waals surface area contributed by atoms with Crippen molar-refractivity contribution in [3.05, 3.63) is 46.7 Å². The number of rotatable bonds is 6. The van der Waals surface area contributed by atoms with Gasteiger partial charge in [0.25, 0.3) is 0 Å². The molecule has 1 aromatic heterocycles. The minimum Gasteiger partial charge on any atom is -0.365 e. The molecule has 0 spiro atoms. The Morgan fingerprint density at radius 1 is 1.45 bits per heavy atom. The summed E-state index contributed by atoms with van der Waals surface area (Å²) in [5, 5.41) is 8.61. The Kier molecular flexibility index (Phi) is 5.06. The molecule has 1 heterocycles. The fraction of sp³-hybridized carbons (Fsp3) is 0.286. The number of hydrogen-bond donors (Lipinski definition) is 2. The maximum atomic E-state index is 13.0. The lowest BCUT2D eigenvalue weighted by atomic mass is 10.1. The van der Waals surface area contributed by atoms with E-state index in [2.05, 4.69) is 15.6 Å². The van der Waals surface area contributed by atoms with Gasteiger partial charge in [0.2, 0.25) is 5.91 Å². The van der Waals surface area contributed by atoms with Gasteiger partial charge in [0.15, 0.2) is 5.13 Å². The van der Waals surface area contributed by atoms with Crippen LogP contribution < -0.4 is 10.6 Å². The SMILES string of the molecule is CNc1nc(CCNC(=O)Cc2cccc(F)c2)cs1. The number of halogens is 1. The van der Waals surface area contributed by atoms with Crippen molar-refractivity contribution in [2.24, 2.45) is 0 Å². The van der Waals surface area contributed by atoms with Gasteiger partial charge in [-0.05, 0) is 17.7 Å². The van der Waals surface area contributed by atoms with Gasteiger partial charge >= 0.3 is 0 Å². The molecule has 0 saturated heterocycles. The molecule has 4 nitrogen and oxygen atoms in total. The fourth-order valence-electron chi connectivity index (χ4n) is 1.76. The first-order valence-electron chi connectivity index (χ1n) is 6.30. The molecule has 106 valence electrons. The number of carbonyl (C=O) groups excluding carboxylic acids is 1. The van der Waals surface area contributed by atoms with Gasteiger partial charge < -0.3 is 10.6 Å². The molecule has 2 N–H and O–H groups in total. The fourth-order valence-corrected chi connectivity index (χ4v) is 2.47. The number of amides is 1. The monoisotopic (exact) mass is 293 g/mol. The molecule has 0 aliphatic heterocycles. The van der Waals surface area contributed by atoms with E-state index in [9.17, 15) is 9.18 Å². The quantitative estimate of drug-likeness (QED) is 0.858. The number of nitrogens with zero attached hydrogens (tertiary/aromatic N) is 1. The summed E-state index contributed by atoms with van der Waals surface area (Å²) in [6.45, 7) is 0.529. The summed E-state index contributed by atoms with van der Waals surface area (Å²) in [7, 11) is 1.82. The predicted octanol–water partition coefficient (Wildman–Crippen LogP) is 2.23. The Bertz CT molecular complexity index is 585. The number of nitrogens with one attached hydrogen (secondary N) is 2. The van der Waals surface area contributed by atoms with Gasteiger partial charge in [-0.2, -0.15) is 0 Å². The summed E-state index contributed by atoms with van der Waals surface area (Å²) in [4.78, 5) is 16.0. The zero-order valence-electron chi connectivity index (χ0n) is 11.1. The van der Waals surface area contributed by atoms with E-state index < -0.39 is 0 Å². The zero-order valence-corrected chi connectivity index (χ0v) is 12.0. The van der Waals surface area contributed by atoms with Crippen LogP contribution in [0.5, 0.6) is 0 Å². The van der Waals surface area contributed by atoms with E-state index in [4.69, 9.17) is 0 Å². The lowest BCUT2D eigenvalue weighted by molar-refractivity contribution is -0.120. The van der Waals surface area contributed by atoms with Crippen molar-refractivity contribution in [3.8, 4) is 0 Å². The molecule has 0 aliphatic carbocycles. The summed E-state index contributed by atoms with van der Waals surface area (Å²) < 4.78 is 13.0. The third-order valence-corrected chi connectivity index (χ3v) is 3.63. The second-order valence-electron chi connectivity index (χ2n) is 4.30. The van der Waals surface area contributed by atoms with Crippen molar-refractivity contribution >= 4 is 22.4 Å². The van der Waals surface area contributed by atoms with E-state index in [1.54, 1.807) is 12.1 Å². The van der Waals surface area contributed by atoms with E-state index >= 15 is 0 Å². The molecule has 2 aromatic rings. The van der Waals surface area contributed by atoms with Crippen molar-refractivity contribution in [1.82, 2.24) is 10.3 Å². The highest BCUT2D eigenvalue weighted by Crippen LogP contribution is 2.14. The molecule has 0 fully saturated rings. The Balaban J connectivity index is 1.75. The average molecular weight is 293 g/mol. The highest BCUT2D eigenvalue weighted by Gasteiger charge is 2.05. The van der Waals surface area contributed by atoms with E-state index in [1.165, 1.54) is 23.5 Å². The number of benzene rings is 1. The Morgan fingerprint density at radius 3 is 3.00 bits per heavy atom. The minimum atomic E-state index is -0.322. The Labute approximate surface area is 121 Å². The summed E-state index contributed by atoms with van der Waals surface area (Å²) in [6, 6.07) is 6.08. The lowest BCUT2D eigenvalue weighted by Gasteiger charge is -2.04. The molecular weight excluding hydrogens is 277 g/mol. The van der Waals surface area contributed by atoms with Crippen LogP contribution in [0.3, 0.4) is 0 Å². The van der Waals surface area contributed by atoms with Crippen LogP contribution in [0.1, 0.15) is 11.3 Å². The number of anilines is 1. The number of aromatic nitrogens is 1. The van der Waals surface area contributed by atoms with Crippen molar-refractivity contribution in [3.63, 3.8) is 0 Å². The van der Waals surface area contributed by atoms with Crippen LogP contribution in [-0.2, 0) is 17.6 Å². The van der Waals surface area contributed by atoms with Crippen LogP contribution in [0.4, 0.5) is 9.52 Å². The maximum Gasteiger partial charge on any atom is 0.224 e. The number of hydrogen-bond acceptors (Lipinski definition) is 4. The summed E-state index contributed by atoms with van der Waals surface area (Å²) in [5.74, 6) is -0.433. The minimum absolute atomic E-state index is 0.111. The molecule has 1 aromatic carbocycles. The number of carbonyl (C=O) groups is 1. The molecule has 1 amide bonds. The summed E-state index contributed by atoms with van der Waals surface area (Å²) in [6.07, 6.45) is 0.879. The van der Waals surface area contributed by atoms with Gasteiger partial charge in [-0.1, -0.05) is 12.1 Å². The first kappa shape index (κ1) is 14.5. The van der Waals surface area contributed by atoms with E-state index in [1.807, 2.05) is 12.4 Å². The third-order valence-electron chi connectivity index (χ3n) is 2.72. The molecule has 0 radical (unpaired) electrons. The van der Waals surface area contributed by atoms with Gasteiger partial charge in [-0.3, -0.25) is 4.79 Å². The van der Waals surface area contributed by atoms with Gasteiger partial charge in [0, 0.05) is 25.4 Å². The van der Waals surface area contributed by atoms with Crippen LogP contribution >= 0.6 is 11.3 Å². The topological polar surface area (TPSA) is 54.0 Å². The first-order valence-corrected chi connectivity index (χ1v) is 7.18. The Morgan fingerprint density at radius 2 is 2.30 bits per heavy atom. The molecule has 6 heteroatoms. The molecule has 0 atom stereocenters. The van der Waals surface area contributed by atoms with Crippen molar-refractivity contribution in [2.75, 3.05) is 18.9 Å². The summed E-state index contributed by atoms with van der Waals surface area (Å²) in [5.41, 5.74) is 1.62. The van der Waals surface area contributed by atoms with Gasteiger partial charge in [-0.25, -0.2) is 9.37 Å². The van der Waals surface area contributed by atoms with E-state index in [-0.39, 0.29) is 18.1 Å². The Hall–Kier alpha value is -1.95. The van der Waals surface area contributed by atoms with Crippen LogP contribution in [-0.4, -0.2) is 24.5 Å². The molecule has 0 saturated carbocycles. The third kappa shape index (κ3) is 4.31. The smallest absolute Gasteiger partial charge is 0.224 e. The van der Waals surface area contributed by atoms with Crippen molar-refractivity contribution in [1.29, 1.82) is 0 Å². The lowest BCUT2D eigenvalue weighted by Crippen LogP contribution is -2.27. The van der Waals surface area contributed by atoms with Gasteiger partial charge in [-0.15, -0.1) is 11.3 Å². The molecule has 0 bridgehead atoms. The number of thiazole rings is 1. The second-order valence-corrected chi connectivity index (χ2v) is 5.16. The summed E-state index contributed by atoms with van der Waals surface area (Å²) >= 11 is 1.54. The predicted molar refractivity (Wildman–Crippen MR) is 78.5 cm³/mol. The highest BCUT2D eigenvalue weighted by atomic mass is 32.1. The first-order chi connectivity index (χ1) is 9.67. The van der Waals surface area contributed by atoms with Crippen molar-refractivity contribution in [2.45, 2.75) is 12.8 Å². The van der Waals surface area contributed by atoms with E-state index in [0.717, 1.165) is 10.8 Å². The normalized spacial score (nSPS) is 10.3. The molecule has 20 heavy (non-hydrogen) atoms. The van der Waals surface area contributed by atoms with E-state index in [0.29, 0.717) is 18.5 Å². The van der Waals surface area contributed by atoms with Crippen LogP contribution in [0, 0.1) is 5.82 Å². The average Bonchev–Trinajstić information content (AvgIpc) is 2.86. The highest BCUT2D eigenvalue weighted by molar-refractivity contribution is 7.13. The van der Waals surface area contributed by atoms with Crippen LogP contribution in [0.2, 0.25) is 0 Å². The van der Waals surface area contributed by atoms with Crippen LogP contribution in [0.15, 0.2) is 29.6 Å². The zero-order chi connectivity index (χ0) is 14.4.